The van der Waals surface area contributed by atoms with E-state index in [2.05, 4.69) is 20.6 Å². The third kappa shape index (κ3) is 3.87. The summed E-state index contributed by atoms with van der Waals surface area (Å²) >= 11 is 0. The van der Waals surface area contributed by atoms with Crippen LogP contribution in [0.3, 0.4) is 0 Å². The topological polar surface area (TPSA) is 85.2 Å². The summed E-state index contributed by atoms with van der Waals surface area (Å²) in [4.78, 5) is 14.2. The fraction of sp³-hybridized carbons (Fsp3) is 0.500. The molecule has 0 spiro atoms. The summed E-state index contributed by atoms with van der Waals surface area (Å²) in [5, 5.41) is 14.3. The summed E-state index contributed by atoms with van der Waals surface area (Å²) in [7, 11) is 1.37. The smallest absolute Gasteiger partial charge is 0.434 e. The van der Waals surface area contributed by atoms with Crippen molar-refractivity contribution >= 4 is 5.91 Å². The normalized spacial score (nSPS) is 20.6. The fourth-order valence-corrected chi connectivity index (χ4v) is 3.15. The maximum absolute atomic E-state index is 13.7. The summed E-state index contributed by atoms with van der Waals surface area (Å²) in [5.74, 6) is -0.723. The van der Waals surface area contributed by atoms with Gasteiger partial charge in [0.25, 0.3) is 5.91 Å². The van der Waals surface area contributed by atoms with Crippen LogP contribution in [-0.4, -0.2) is 63.1 Å². The van der Waals surface area contributed by atoms with Crippen LogP contribution < -0.4 is 10.1 Å². The van der Waals surface area contributed by atoms with Crippen molar-refractivity contribution in [3.63, 3.8) is 0 Å². The van der Waals surface area contributed by atoms with Crippen LogP contribution >= 0.6 is 0 Å². The molecule has 1 fully saturated rings. The van der Waals surface area contributed by atoms with Gasteiger partial charge in [-0.15, -0.1) is 10.2 Å². The van der Waals surface area contributed by atoms with Gasteiger partial charge in [0.2, 0.25) is 5.88 Å². The average molecular weight is 384 g/mol. The van der Waals surface area contributed by atoms with Gasteiger partial charge < -0.3 is 15.0 Å². The lowest BCUT2D eigenvalue weighted by molar-refractivity contribution is -0.143. The lowest BCUT2D eigenvalue weighted by Gasteiger charge is -2.36. The Morgan fingerprint density at radius 2 is 1.89 bits per heavy atom. The molecule has 27 heavy (non-hydrogen) atoms. The quantitative estimate of drug-likeness (QED) is 0.864. The van der Waals surface area contributed by atoms with Crippen LogP contribution in [0.1, 0.15) is 29.9 Å². The van der Waals surface area contributed by atoms with Crippen molar-refractivity contribution in [3.8, 4) is 11.7 Å². The SMILES string of the molecule is COc1ccc(-n2ncc(C(=O)N3CC(C)NC(C)C3)c2C(F)(F)F)nn1. The number of amides is 1. The second kappa shape index (κ2) is 7.14. The number of ether oxygens (including phenoxy) is 1. The average Bonchev–Trinajstić information content (AvgIpc) is 3.05. The molecule has 3 heterocycles. The minimum absolute atomic E-state index is 0.0189. The van der Waals surface area contributed by atoms with Crippen molar-refractivity contribution in [2.75, 3.05) is 20.2 Å². The van der Waals surface area contributed by atoms with Crippen LogP contribution in [0.4, 0.5) is 13.2 Å². The molecule has 1 aliphatic heterocycles. The number of halogens is 3. The number of carbonyl (C=O) groups excluding carboxylic acids is 1. The molecule has 0 bridgehead atoms. The highest BCUT2D eigenvalue weighted by molar-refractivity contribution is 5.95. The Morgan fingerprint density at radius 1 is 1.22 bits per heavy atom. The van der Waals surface area contributed by atoms with Crippen LogP contribution in [0, 0.1) is 0 Å². The summed E-state index contributed by atoms with van der Waals surface area (Å²) in [6, 6.07) is 2.62. The number of nitrogens with one attached hydrogen (secondary N) is 1. The zero-order valence-electron chi connectivity index (χ0n) is 15.0. The Bertz CT molecular complexity index is 811. The van der Waals surface area contributed by atoms with Gasteiger partial charge in [-0.25, -0.2) is 4.68 Å². The van der Waals surface area contributed by atoms with E-state index in [0.717, 1.165) is 6.20 Å². The molecular weight excluding hydrogens is 365 g/mol. The van der Waals surface area contributed by atoms with Gasteiger partial charge in [-0.2, -0.15) is 18.3 Å². The molecule has 2 atom stereocenters. The van der Waals surface area contributed by atoms with Gasteiger partial charge in [0.05, 0.1) is 18.9 Å². The van der Waals surface area contributed by atoms with Crippen molar-refractivity contribution in [2.24, 2.45) is 0 Å². The third-order valence-corrected chi connectivity index (χ3v) is 4.17. The Hall–Kier alpha value is -2.69. The number of aromatic nitrogens is 4. The molecule has 8 nitrogen and oxygen atoms in total. The highest BCUT2D eigenvalue weighted by atomic mass is 19.4. The van der Waals surface area contributed by atoms with Crippen LogP contribution in [0.5, 0.6) is 5.88 Å². The maximum Gasteiger partial charge on any atom is 0.434 e. The Balaban J connectivity index is 2.01. The Morgan fingerprint density at radius 3 is 2.41 bits per heavy atom. The standard InChI is InChI=1S/C16H19F3N6O2/c1-9-7-24(8-10(2)21-9)15(26)11-6-20-25(14(11)16(17,18)19)12-4-5-13(27-3)23-22-12/h4-6,9-10,21H,7-8H2,1-3H3. The fourth-order valence-electron chi connectivity index (χ4n) is 3.15. The second-order valence-electron chi connectivity index (χ2n) is 6.43. The van der Waals surface area contributed by atoms with E-state index in [1.807, 2.05) is 13.8 Å². The lowest BCUT2D eigenvalue weighted by Crippen LogP contribution is -2.56. The van der Waals surface area contributed by atoms with E-state index < -0.39 is 23.3 Å². The van der Waals surface area contributed by atoms with Crippen molar-refractivity contribution in [1.82, 2.24) is 30.2 Å². The molecule has 1 aliphatic rings. The largest absolute Gasteiger partial charge is 0.480 e. The molecule has 0 saturated carbocycles. The predicted molar refractivity (Wildman–Crippen MR) is 88.7 cm³/mol. The van der Waals surface area contributed by atoms with E-state index in [4.69, 9.17) is 4.74 Å². The summed E-state index contributed by atoms with van der Waals surface area (Å²) in [5.41, 5.74) is -1.69. The van der Waals surface area contributed by atoms with Gasteiger partial charge in [0.1, 0.15) is 0 Å². The van der Waals surface area contributed by atoms with Gasteiger partial charge in [0, 0.05) is 31.2 Å². The number of hydrogen-bond donors (Lipinski definition) is 1. The van der Waals surface area contributed by atoms with Crippen LogP contribution in [0.15, 0.2) is 18.3 Å². The van der Waals surface area contributed by atoms with Gasteiger partial charge >= 0.3 is 6.18 Å². The molecule has 146 valence electrons. The predicted octanol–water partition coefficient (Wildman–Crippen LogP) is 1.51. The molecule has 1 amide bonds. The number of carbonyl (C=O) groups is 1. The Labute approximate surface area is 153 Å². The van der Waals surface area contributed by atoms with E-state index in [-0.39, 0.29) is 23.8 Å². The molecule has 3 rings (SSSR count). The molecule has 2 aromatic heterocycles. The third-order valence-electron chi connectivity index (χ3n) is 4.17. The van der Waals surface area contributed by atoms with Crippen LogP contribution in [0.2, 0.25) is 0 Å². The first-order chi connectivity index (χ1) is 12.7. The molecule has 0 radical (unpaired) electrons. The van der Waals surface area contributed by atoms with Gasteiger partial charge in [-0.05, 0) is 19.9 Å². The van der Waals surface area contributed by atoms with Crippen molar-refractivity contribution in [2.45, 2.75) is 32.1 Å². The number of piperazine rings is 1. The minimum Gasteiger partial charge on any atom is -0.480 e. The van der Waals surface area contributed by atoms with Gasteiger partial charge in [-0.3, -0.25) is 4.79 Å². The summed E-state index contributed by atoms with van der Waals surface area (Å²) in [6.07, 6.45) is -3.87. The first kappa shape index (κ1) is 19.1. The lowest BCUT2D eigenvalue weighted by atomic mass is 10.1. The summed E-state index contributed by atoms with van der Waals surface area (Å²) in [6.45, 7) is 4.37. The van der Waals surface area contributed by atoms with Crippen molar-refractivity contribution < 1.29 is 22.7 Å². The van der Waals surface area contributed by atoms with Crippen molar-refractivity contribution in [1.29, 1.82) is 0 Å². The minimum atomic E-state index is -4.80. The molecule has 0 aromatic carbocycles. The number of methoxy groups -OCH3 is 1. The van der Waals surface area contributed by atoms with Gasteiger partial charge in [-0.1, -0.05) is 0 Å². The number of rotatable bonds is 3. The molecule has 1 N–H and O–H groups in total. The maximum atomic E-state index is 13.7. The van der Waals surface area contributed by atoms with Crippen LogP contribution in [-0.2, 0) is 6.18 Å². The number of nitrogens with zero attached hydrogens (tertiary/aromatic N) is 5. The molecule has 2 unspecified atom stereocenters. The zero-order valence-corrected chi connectivity index (χ0v) is 15.0. The van der Waals surface area contributed by atoms with E-state index in [9.17, 15) is 18.0 Å². The van der Waals surface area contributed by atoms with Gasteiger partial charge in [0.15, 0.2) is 11.5 Å². The number of alkyl halides is 3. The zero-order chi connectivity index (χ0) is 19.8. The molecule has 0 aliphatic carbocycles. The van der Waals surface area contributed by atoms with E-state index in [0.29, 0.717) is 17.8 Å². The molecular formula is C16H19F3N6O2. The molecule has 11 heteroatoms. The number of hydrogen-bond acceptors (Lipinski definition) is 6. The monoisotopic (exact) mass is 384 g/mol. The molecule has 2 aromatic rings. The van der Waals surface area contributed by atoms with Crippen molar-refractivity contribution in [3.05, 3.63) is 29.6 Å². The van der Waals surface area contributed by atoms with E-state index in [1.54, 1.807) is 0 Å². The van der Waals surface area contributed by atoms with Crippen LogP contribution in [0.25, 0.3) is 5.82 Å². The van der Waals surface area contributed by atoms with E-state index in [1.165, 1.54) is 24.1 Å². The highest BCUT2D eigenvalue weighted by Gasteiger charge is 2.42. The first-order valence-electron chi connectivity index (χ1n) is 8.29. The van der Waals surface area contributed by atoms with E-state index >= 15 is 0 Å². The first-order valence-corrected chi connectivity index (χ1v) is 8.29. The second-order valence-corrected chi connectivity index (χ2v) is 6.43. The Kier molecular flexibility index (Phi) is 5.05. The highest BCUT2D eigenvalue weighted by Crippen LogP contribution is 2.34. The molecule has 1 saturated heterocycles. The summed E-state index contributed by atoms with van der Waals surface area (Å²) < 4.78 is 46.6.